The number of aromatic nitrogens is 2. The van der Waals surface area contributed by atoms with E-state index in [1.807, 2.05) is 4.57 Å². The van der Waals surface area contributed by atoms with E-state index >= 15 is 0 Å². The Morgan fingerprint density at radius 3 is 2.69 bits per heavy atom. The smallest absolute Gasteiger partial charge is 0.325 e. The van der Waals surface area contributed by atoms with Crippen molar-refractivity contribution in [3.8, 4) is 0 Å². The minimum atomic E-state index is -0.739. The van der Waals surface area contributed by atoms with Crippen LogP contribution in [-0.4, -0.2) is 45.0 Å². The van der Waals surface area contributed by atoms with Crippen LogP contribution >= 0.6 is 0 Å². The van der Waals surface area contributed by atoms with Crippen LogP contribution in [0.4, 0.5) is 4.79 Å². The summed E-state index contributed by atoms with van der Waals surface area (Å²) in [4.78, 5) is 31.7. The van der Waals surface area contributed by atoms with Crippen molar-refractivity contribution < 1.29 is 9.59 Å². The molecule has 7 nitrogen and oxygen atoms in total. The zero-order chi connectivity index (χ0) is 18.7. The zero-order valence-corrected chi connectivity index (χ0v) is 16.1. The fourth-order valence-electron chi connectivity index (χ4n) is 4.35. The van der Waals surface area contributed by atoms with E-state index in [-0.39, 0.29) is 24.4 Å². The highest BCUT2D eigenvalue weighted by atomic mass is 16.2. The number of carbonyl (C=O) groups is 2. The number of urea groups is 1. The van der Waals surface area contributed by atoms with Gasteiger partial charge in [0.2, 0.25) is 0 Å². The van der Waals surface area contributed by atoms with Gasteiger partial charge in [-0.2, -0.15) is 0 Å². The number of rotatable bonds is 7. The van der Waals surface area contributed by atoms with Crippen molar-refractivity contribution in [2.24, 2.45) is 11.8 Å². The standard InChI is InChI=1S/C19H31N5O2/c1-4-7-19(15-5-8-20-9-6-15)17(25)24(18(26)22-19)12-16-10-21-13-23(16)11-14(2)3/h10,13-15,20H,4-9,11-12H2,1-3H3,(H,22,26). The third-order valence-corrected chi connectivity index (χ3v) is 5.56. The van der Waals surface area contributed by atoms with E-state index in [4.69, 9.17) is 0 Å². The van der Waals surface area contributed by atoms with Crippen molar-refractivity contribution in [1.29, 1.82) is 0 Å². The van der Waals surface area contributed by atoms with Gasteiger partial charge in [0.05, 0.1) is 18.6 Å². The lowest BCUT2D eigenvalue weighted by atomic mass is 9.75. The second-order valence-electron chi connectivity index (χ2n) is 8.00. The Balaban J connectivity index is 1.82. The Labute approximate surface area is 155 Å². The maximum absolute atomic E-state index is 13.4. The van der Waals surface area contributed by atoms with Gasteiger partial charge in [-0.1, -0.05) is 27.2 Å². The summed E-state index contributed by atoms with van der Waals surface area (Å²) in [5, 5.41) is 6.44. The van der Waals surface area contributed by atoms with E-state index in [0.29, 0.717) is 12.3 Å². The second-order valence-corrected chi connectivity index (χ2v) is 8.00. The molecule has 2 N–H and O–H groups in total. The highest BCUT2D eigenvalue weighted by Gasteiger charge is 2.54. The molecule has 0 aliphatic carbocycles. The van der Waals surface area contributed by atoms with Gasteiger partial charge in [0.1, 0.15) is 5.54 Å². The van der Waals surface area contributed by atoms with Crippen LogP contribution in [0.25, 0.3) is 0 Å². The van der Waals surface area contributed by atoms with Gasteiger partial charge in [-0.3, -0.25) is 9.69 Å². The molecule has 1 unspecified atom stereocenters. The number of hydrogen-bond acceptors (Lipinski definition) is 4. The first-order valence-electron chi connectivity index (χ1n) is 9.81. The summed E-state index contributed by atoms with van der Waals surface area (Å²) >= 11 is 0. The van der Waals surface area contributed by atoms with Gasteiger partial charge in [-0.05, 0) is 44.2 Å². The van der Waals surface area contributed by atoms with Gasteiger partial charge in [-0.15, -0.1) is 0 Å². The maximum atomic E-state index is 13.4. The summed E-state index contributed by atoms with van der Waals surface area (Å²) < 4.78 is 2.04. The molecular formula is C19H31N5O2. The van der Waals surface area contributed by atoms with E-state index in [9.17, 15) is 9.59 Å². The minimum absolute atomic E-state index is 0.0615. The van der Waals surface area contributed by atoms with E-state index in [2.05, 4.69) is 36.4 Å². The van der Waals surface area contributed by atoms with Crippen molar-refractivity contribution in [2.45, 2.75) is 65.1 Å². The lowest BCUT2D eigenvalue weighted by molar-refractivity contribution is -0.134. The predicted octanol–water partition coefficient (Wildman–Crippen LogP) is 2.13. The molecule has 2 fully saturated rings. The van der Waals surface area contributed by atoms with Gasteiger partial charge >= 0.3 is 6.03 Å². The number of hydrogen-bond donors (Lipinski definition) is 2. The molecule has 2 aliphatic heterocycles. The van der Waals surface area contributed by atoms with Crippen LogP contribution in [0.5, 0.6) is 0 Å². The molecule has 0 spiro atoms. The third kappa shape index (κ3) is 3.49. The molecule has 26 heavy (non-hydrogen) atoms. The highest BCUT2D eigenvalue weighted by molar-refractivity contribution is 6.07. The van der Waals surface area contributed by atoms with E-state index in [1.54, 1.807) is 12.5 Å². The van der Waals surface area contributed by atoms with Crippen molar-refractivity contribution in [3.05, 3.63) is 18.2 Å². The van der Waals surface area contributed by atoms with Gasteiger partial charge in [0, 0.05) is 12.7 Å². The Kier molecular flexibility index (Phi) is 5.65. The molecule has 0 radical (unpaired) electrons. The monoisotopic (exact) mass is 361 g/mol. The molecule has 7 heteroatoms. The van der Waals surface area contributed by atoms with Crippen molar-refractivity contribution >= 4 is 11.9 Å². The average molecular weight is 361 g/mol. The third-order valence-electron chi connectivity index (χ3n) is 5.56. The van der Waals surface area contributed by atoms with Gasteiger partial charge in [0.15, 0.2) is 0 Å². The fraction of sp³-hybridized carbons (Fsp3) is 0.737. The summed E-state index contributed by atoms with van der Waals surface area (Å²) in [6.45, 7) is 9.27. The molecule has 1 aromatic heterocycles. The van der Waals surface area contributed by atoms with E-state index in [0.717, 1.165) is 44.6 Å². The lowest BCUT2D eigenvalue weighted by Gasteiger charge is -2.37. The number of carbonyl (C=O) groups excluding carboxylic acids is 2. The van der Waals surface area contributed by atoms with Crippen LogP contribution < -0.4 is 10.6 Å². The topological polar surface area (TPSA) is 79.3 Å². The molecule has 3 amide bonds. The van der Waals surface area contributed by atoms with Gasteiger partial charge < -0.3 is 15.2 Å². The molecular weight excluding hydrogens is 330 g/mol. The molecule has 2 saturated heterocycles. The normalized spacial score (nSPS) is 24.5. The first-order chi connectivity index (χ1) is 12.5. The average Bonchev–Trinajstić information content (AvgIpc) is 3.14. The van der Waals surface area contributed by atoms with Crippen LogP contribution in [0, 0.1) is 11.8 Å². The van der Waals surface area contributed by atoms with E-state index < -0.39 is 5.54 Å². The first-order valence-corrected chi connectivity index (χ1v) is 9.81. The van der Waals surface area contributed by atoms with Gasteiger partial charge in [0.25, 0.3) is 5.91 Å². The Hall–Kier alpha value is -1.89. The largest absolute Gasteiger partial charge is 0.333 e. The summed E-state index contributed by atoms with van der Waals surface area (Å²) in [6, 6.07) is -0.265. The number of amides is 3. The fourth-order valence-corrected chi connectivity index (χ4v) is 4.35. The molecule has 3 rings (SSSR count). The molecule has 0 bridgehead atoms. The predicted molar refractivity (Wildman–Crippen MR) is 99.4 cm³/mol. The molecule has 144 valence electrons. The summed E-state index contributed by atoms with van der Waals surface area (Å²) in [5.74, 6) is 0.610. The van der Waals surface area contributed by atoms with Gasteiger partial charge in [-0.25, -0.2) is 9.78 Å². The van der Waals surface area contributed by atoms with Crippen molar-refractivity contribution in [2.75, 3.05) is 13.1 Å². The molecule has 1 atom stereocenters. The minimum Gasteiger partial charge on any atom is -0.333 e. The highest BCUT2D eigenvalue weighted by Crippen LogP contribution is 2.36. The van der Waals surface area contributed by atoms with Crippen LogP contribution in [0.3, 0.4) is 0 Å². The van der Waals surface area contributed by atoms with Crippen molar-refractivity contribution in [3.63, 3.8) is 0 Å². The van der Waals surface area contributed by atoms with Crippen LogP contribution in [0.15, 0.2) is 12.5 Å². The first kappa shape index (κ1) is 18.9. The summed E-state index contributed by atoms with van der Waals surface area (Å²) in [5.41, 5.74) is 0.163. The van der Waals surface area contributed by atoms with Crippen LogP contribution in [0.1, 0.15) is 52.1 Å². The Morgan fingerprint density at radius 1 is 1.31 bits per heavy atom. The summed E-state index contributed by atoms with van der Waals surface area (Å²) in [7, 11) is 0. The van der Waals surface area contributed by atoms with E-state index in [1.165, 1.54) is 4.90 Å². The molecule has 0 aromatic carbocycles. The number of imidazole rings is 1. The number of imide groups is 1. The Morgan fingerprint density at radius 2 is 2.04 bits per heavy atom. The number of piperidine rings is 1. The second kappa shape index (κ2) is 7.78. The zero-order valence-electron chi connectivity index (χ0n) is 16.1. The van der Waals surface area contributed by atoms with Crippen LogP contribution in [0.2, 0.25) is 0 Å². The lowest BCUT2D eigenvalue weighted by Crippen LogP contribution is -2.55. The molecule has 3 heterocycles. The number of nitrogens with one attached hydrogen (secondary N) is 2. The Bertz CT molecular complexity index is 650. The maximum Gasteiger partial charge on any atom is 0.325 e. The SMILES string of the molecule is CCCC1(C2CCNCC2)NC(=O)N(Cc2cncn2CC(C)C)C1=O. The molecule has 1 aromatic rings. The summed E-state index contributed by atoms with van der Waals surface area (Å²) in [6.07, 6.45) is 6.95. The molecule has 0 saturated carbocycles. The molecule has 2 aliphatic rings. The number of nitrogens with zero attached hydrogens (tertiary/aromatic N) is 3. The van der Waals surface area contributed by atoms with Crippen LogP contribution in [-0.2, 0) is 17.9 Å². The quantitative estimate of drug-likeness (QED) is 0.729. The van der Waals surface area contributed by atoms with Crippen molar-refractivity contribution in [1.82, 2.24) is 25.1 Å².